The van der Waals surface area contributed by atoms with Crippen molar-refractivity contribution in [1.29, 1.82) is 0 Å². The number of rotatable bonds is 12. The number of aromatic nitrogens is 1. The number of pyridine rings is 1. The third-order valence-corrected chi connectivity index (χ3v) is 7.48. The molecule has 0 aliphatic rings. The van der Waals surface area contributed by atoms with E-state index in [0.29, 0.717) is 35.3 Å². The van der Waals surface area contributed by atoms with Crippen LogP contribution in [0.15, 0.2) is 107 Å². The zero-order valence-electron chi connectivity index (χ0n) is 21.6. The van der Waals surface area contributed by atoms with Gasteiger partial charge in [-0.05, 0) is 72.6 Å². The quantitative estimate of drug-likeness (QED) is 0.186. The Morgan fingerprint density at radius 1 is 0.975 bits per heavy atom. The van der Waals surface area contributed by atoms with Crippen LogP contribution in [0.2, 0.25) is 5.02 Å². The number of nitrogens with zero attached hydrogens (tertiary/aromatic N) is 3. The number of ether oxygens (including phenoxy) is 2. The Hall–Kier alpha value is -4.41. The predicted molar refractivity (Wildman–Crippen MR) is 154 cm³/mol. The van der Waals surface area contributed by atoms with E-state index < -0.39 is 22.5 Å². The first-order valence-corrected chi connectivity index (χ1v) is 14.1. The number of hydrazone groups is 1. The van der Waals surface area contributed by atoms with Crippen molar-refractivity contribution in [3.63, 3.8) is 0 Å². The Morgan fingerprint density at radius 2 is 1.77 bits per heavy atom. The van der Waals surface area contributed by atoms with Crippen LogP contribution in [0.5, 0.6) is 11.5 Å². The molecule has 1 amide bonds. The molecule has 0 saturated heterocycles. The van der Waals surface area contributed by atoms with E-state index in [9.17, 15) is 13.2 Å². The molecule has 0 aliphatic heterocycles. The normalized spacial score (nSPS) is 11.2. The topological polar surface area (TPSA) is 110 Å². The number of hydrogen-bond donors (Lipinski definition) is 1. The molecule has 1 aromatic heterocycles. The molecule has 0 aliphatic carbocycles. The average molecular weight is 579 g/mol. The summed E-state index contributed by atoms with van der Waals surface area (Å²) in [5.74, 6) is 0.517. The highest BCUT2D eigenvalue weighted by atomic mass is 35.5. The van der Waals surface area contributed by atoms with Crippen LogP contribution in [-0.4, -0.2) is 38.7 Å². The van der Waals surface area contributed by atoms with Gasteiger partial charge in [0.25, 0.3) is 15.9 Å². The van der Waals surface area contributed by atoms with E-state index in [4.69, 9.17) is 21.1 Å². The van der Waals surface area contributed by atoms with Crippen LogP contribution >= 0.6 is 11.6 Å². The van der Waals surface area contributed by atoms with Gasteiger partial charge in [-0.1, -0.05) is 48.0 Å². The lowest BCUT2D eigenvalue weighted by Gasteiger charge is -2.22. The number of halogens is 1. The fourth-order valence-corrected chi connectivity index (χ4v) is 5.24. The minimum atomic E-state index is -4.05. The van der Waals surface area contributed by atoms with E-state index in [0.717, 1.165) is 9.87 Å². The van der Waals surface area contributed by atoms with Gasteiger partial charge in [0, 0.05) is 11.2 Å². The number of sulfonamides is 1. The van der Waals surface area contributed by atoms with Crippen molar-refractivity contribution in [3.8, 4) is 11.5 Å². The summed E-state index contributed by atoms with van der Waals surface area (Å²) >= 11 is 6.05. The maximum absolute atomic E-state index is 13.3. The Bertz CT molecular complexity index is 1570. The number of amides is 1. The summed E-state index contributed by atoms with van der Waals surface area (Å²) in [6.45, 7) is 2.07. The Balaban J connectivity index is 1.44. The molecule has 0 bridgehead atoms. The SMILES string of the molecule is CCOc1cc(/C=N\NC(=O)CN(c2ccccn2)S(=O)(=O)c2ccccc2)ccc1OCc1cccc(Cl)c1. The monoisotopic (exact) mass is 578 g/mol. The fraction of sp³-hybridized carbons (Fsp3) is 0.138. The van der Waals surface area contributed by atoms with Crippen LogP contribution in [0.3, 0.4) is 0 Å². The molecule has 0 atom stereocenters. The molecule has 0 saturated carbocycles. The number of anilines is 1. The highest BCUT2D eigenvalue weighted by molar-refractivity contribution is 7.92. The standard InChI is InChI=1S/C29H27ClN4O5S/c1-2-38-27-18-22(14-15-26(27)39-21-23-9-8-10-24(30)17-23)19-32-33-29(35)20-34(28-13-6-7-16-31-28)40(36,37)25-11-4-3-5-12-25/h3-19H,2,20-21H2,1H3,(H,33,35)/b32-19-. The number of hydrogen-bond acceptors (Lipinski definition) is 7. The van der Waals surface area contributed by atoms with Gasteiger partial charge in [0.05, 0.1) is 17.7 Å². The molecule has 0 spiro atoms. The van der Waals surface area contributed by atoms with Gasteiger partial charge in [-0.2, -0.15) is 5.10 Å². The van der Waals surface area contributed by atoms with Gasteiger partial charge in [0.15, 0.2) is 11.5 Å². The van der Waals surface area contributed by atoms with Gasteiger partial charge < -0.3 is 9.47 Å². The van der Waals surface area contributed by atoms with Crippen molar-refractivity contribution < 1.29 is 22.7 Å². The minimum Gasteiger partial charge on any atom is -0.490 e. The Morgan fingerprint density at radius 3 is 2.50 bits per heavy atom. The highest BCUT2D eigenvalue weighted by Gasteiger charge is 2.27. The number of carbonyl (C=O) groups excluding carboxylic acids is 1. The van der Waals surface area contributed by atoms with Gasteiger partial charge in [-0.25, -0.2) is 23.1 Å². The maximum Gasteiger partial charge on any atom is 0.265 e. The van der Waals surface area contributed by atoms with Crippen molar-refractivity contribution in [2.24, 2.45) is 5.10 Å². The van der Waals surface area contributed by atoms with Crippen LogP contribution < -0.4 is 19.2 Å². The number of nitrogens with one attached hydrogen (secondary N) is 1. The van der Waals surface area contributed by atoms with E-state index in [1.807, 2.05) is 25.1 Å². The smallest absolute Gasteiger partial charge is 0.265 e. The molecule has 4 rings (SSSR count). The second kappa shape index (κ2) is 13.6. The van der Waals surface area contributed by atoms with Gasteiger partial charge in [-0.15, -0.1) is 0 Å². The third kappa shape index (κ3) is 7.58. The number of carbonyl (C=O) groups is 1. The van der Waals surface area contributed by atoms with E-state index in [1.54, 1.807) is 54.6 Å². The van der Waals surface area contributed by atoms with Crippen LogP contribution in [0.4, 0.5) is 5.82 Å². The Kier molecular flexibility index (Phi) is 9.71. The third-order valence-electron chi connectivity index (χ3n) is 5.48. The number of benzene rings is 3. The second-order valence-corrected chi connectivity index (χ2v) is 10.7. The summed E-state index contributed by atoms with van der Waals surface area (Å²) in [6, 6.07) is 25.3. The van der Waals surface area contributed by atoms with Crippen LogP contribution in [0.1, 0.15) is 18.1 Å². The van der Waals surface area contributed by atoms with E-state index in [1.165, 1.54) is 30.6 Å². The molecule has 0 unspecified atom stereocenters. The first kappa shape index (κ1) is 28.6. The molecule has 40 heavy (non-hydrogen) atoms. The summed E-state index contributed by atoms with van der Waals surface area (Å²) in [7, 11) is -4.05. The zero-order chi connectivity index (χ0) is 28.4. The molecular weight excluding hydrogens is 552 g/mol. The molecular formula is C29H27ClN4O5S. The highest BCUT2D eigenvalue weighted by Crippen LogP contribution is 2.29. The first-order chi connectivity index (χ1) is 19.4. The molecule has 0 fully saturated rings. The van der Waals surface area contributed by atoms with E-state index in [2.05, 4.69) is 15.5 Å². The fourth-order valence-electron chi connectivity index (χ4n) is 3.64. The van der Waals surface area contributed by atoms with Gasteiger partial charge >= 0.3 is 0 Å². The first-order valence-electron chi connectivity index (χ1n) is 12.3. The summed E-state index contributed by atoms with van der Waals surface area (Å²) in [5, 5.41) is 4.63. The van der Waals surface area contributed by atoms with Crippen LogP contribution in [0, 0.1) is 0 Å². The molecule has 3 aromatic carbocycles. The molecule has 9 nitrogen and oxygen atoms in total. The van der Waals surface area contributed by atoms with E-state index >= 15 is 0 Å². The summed E-state index contributed by atoms with van der Waals surface area (Å²) < 4.78 is 39.2. The van der Waals surface area contributed by atoms with Gasteiger partial charge in [0.1, 0.15) is 19.0 Å². The van der Waals surface area contributed by atoms with E-state index in [-0.39, 0.29) is 10.7 Å². The lowest BCUT2D eigenvalue weighted by Crippen LogP contribution is -2.40. The molecule has 11 heteroatoms. The molecule has 1 N–H and O–H groups in total. The molecule has 206 valence electrons. The largest absolute Gasteiger partial charge is 0.490 e. The molecule has 0 radical (unpaired) electrons. The second-order valence-electron chi connectivity index (χ2n) is 8.36. The van der Waals surface area contributed by atoms with Crippen molar-refractivity contribution in [1.82, 2.24) is 10.4 Å². The zero-order valence-corrected chi connectivity index (χ0v) is 23.2. The van der Waals surface area contributed by atoms with Crippen molar-refractivity contribution >= 4 is 39.6 Å². The summed E-state index contributed by atoms with van der Waals surface area (Å²) in [6.07, 6.45) is 2.88. The maximum atomic E-state index is 13.3. The van der Waals surface area contributed by atoms with Crippen molar-refractivity contribution in [2.45, 2.75) is 18.4 Å². The van der Waals surface area contributed by atoms with Crippen molar-refractivity contribution in [3.05, 3.63) is 113 Å². The Labute approximate surface area is 238 Å². The lowest BCUT2D eigenvalue weighted by molar-refractivity contribution is -0.119. The minimum absolute atomic E-state index is 0.0399. The van der Waals surface area contributed by atoms with Gasteiger partial charge in [-0.3, -0.25) is 4.79 Å². The average Bonchev–Trinajstić information content (AvgIpc) is 2.96. The summed E-state index contributed by atoms with van der Waals surface area (Å²) in [5.41, 5.74) is 3.94. The molecule has 1 heterocycles. The van der Waals surface area contributed by atoms with Crippen LogP contribution in [0.25, 0.3) is 0 Å². The predicted octanol–water partition coefficient (Wildman–Crippen LogP) is 5.06. The lowest BCUT2D eigenvalue weighted by atomic mass is 10.2. The summed E-state index contributed by atoms with van der Waals surface area (Å²) in [4.78, 5) is 16.9. The molecule has 4 aromatic rings. The van der Waals surface area contributed by atoms with Crippen LogP contribution in [-0.2, 0) is 21.4 Å². The van der Waals surface area contributed by atoms with Crippen molar-refractivity contribution in [2.75, 3.05) is 17.5 Å². The van der Waals surface area contributed by atoms with Gasteiger partial charge in [0.2, 0.25) is 0 Å².